The molecule has 1 unspecified atom stereocenters. The average Bonchev–Trinajstić information content (AvgIpc) is 2.77. The number of hydrogen-bond acceptors (Lipinski definition) is 4. The third kappa shape index (κ3) is 1.80. The van der Waals surface area contributed by atoms with E-state index in [-0.39, 0.29) is 6.04 Å². The Morgan fingerprint density at radius 2 is 2.17 bits per heavy atom. The van der Waals surface area contributed by atoms with Gasteiger partial charge in [0.2, 0.25) is 0 Å². The molecule has 0 bridgehead atoms. The van der Waals surface area contributed by atoms with Crippen molar-refractivity contribution in [3.8, 4) is 0 Å². The van der Waals surface area contributed by atoms with Gasteiger partial charge in [-0.15, -0.1) is 0 Å². The summed E-state index contributed by atoms with van der Waals surface area (Å²) in [5.41, 5.74) is 3.45. The van der Waals surface area contributed by atoms with Crippen molar-refractivity contribution >= 4 is 5.52 Å². The van der Waals surface area contributed by atoms with Gasteiger partial charge in [0.25, 0.3) is 0 Å². The summed E-state index contributed by atoms with van der Waals surface area (Å²) in [6, 6.07) is 4.53. The van der Waals surface area contributed by atoms with E-state index in [0.717, 1.165) is 30.8 Å². The van der Waals surface area contributed by atoms with Crippen LogP contribution >= 0.6 is 0 Å². The quantitative estimate of drug-likeness (QED) is 0.755. The molecular formula is C13H19N5. The van der Waals surface area contributed by atoms with Gasteiger partial charge in [0.15, 0.2) is 0 Å². The highest BCUT2D eigenvalue weighted by Gasteiger charge is 2.26. The van der Waals surface area contributed by atoms with E-state index < -0.39 is 0 Å². The maximum absolute atomic E-state index is 6.14. The van der Waals surface area contributed by atoms with Crippen molar-refractivity contribution in [2.45, 2.75) is 13.0 Å². The monoisotopic (exact) mass is 245 g/mol. The summed E-state index contributed by atoms with van der Waals surface area (Å²) in [6.45, 7) is 4.92. The van der Waals surface area contributed by atoms with Crippen LogP contribution in [0.3, 0.4) is 0 Å². The summed E-state index contributed by atoms with van der Waals surface area (Å²) in [7, 11) is 2.14. The Morgan fingerprint density at radius 3 is 3.00 bits per heavy atom. The smallest absolute Gasteiger partial charge is 0.0773 e. The molecule has 3 heterocycles. The second kappa shape index (κ2) is 4.35. The number of rotatable bonds is 1. The molecule has 96 valence electrons. The van der Waals surface area contributed by atoms with E-state index in [4.69, 9.17) is 5.84 Å². The van der Waals surface area contributed by atoms with Gasteiger partial charge in [0.1, 0.15) is 0 Å². The Morgan fingerprint density at radius 1 is 1.33 bits per heavy atom. The summed E-state index contributed by atoms with van der Waals surface area (Å²) < 4.78 is 2.20. The lowest BCUT2D eigenvalue weighted by Crippen LogP contribution is -2.50. The van der Waals surface area contributed by atoms with Crippen molar-refractivity contribution in [3.63, 3.8) is 0 Å². The highest BCUT2D eigenvalue weighted by molar-refractivity contribution is 5.53. The van der Waals surface area contributed by atoms with Gasteiger partial charge in [-0.05, 0) is 26.1 Å². The minimum absolute atomic E-state index is 0.244. The third-order valence-electron chi connectivity index (χ3n) is 3.77. The molecule has 1 saturated heterocycles. The summed E-state index contributed by atoms with van der Waals surface area (Å²) >= 11 is 0. The van der Waals surface area contributed by atoms with Crippen LogP contribution in [0.15, 0.2) is 24.5 Å². The van der Waals surface area contributed by atoms with Crippen molar-refractivity contribution in [2.75, 3.05) is 26.7 Å². The number of hydrazine groups is 1. The van der Waals surface area contributed by atoms with Crippen LogP contribution in [-0.2, 0) is 0 Å². The van der Waals surface area contributed by atoms with Gasteiger partial charge >= 0.3 is 0 Å². The molecule has 1 aliphatic rings. The molecule has 5 nitrogen and oxygen atoms in total. The van der Waals surface area contributed by atoms with E-state index in [1.165, 1.54) is 5.69 Å². The molecule has 0 amide bonds. The van der Waals surface area contributed by atoms with Crippen LogP contribution in [-0.4, -0.2) is 46.0 Å². The third-order valence-corrected chi connectivity index (χ3v) is 3.77. The fourth-order valence-corrected chi connectivity index (χ4v) is 2.67. The lowest BCUT2D eigenvalue weighted by Gasteiger charge is -2.37. The molecule has 2 N–H and O–H groups in total. The van der Waals surface area contributed by atoms with Gasteiger partial charge in [-0.1, -0.05) is 0 Å². The number of piperazine rings is 1. The number of nitrogens with two attached hydrogens (primary N) is 1. The molecule has 0 aliphatic carbocycles. The minimum Gasteiger partial charge on any atom is -0.316 e. The molecule has 1 atom stereocenters. The van der Waals surface area contributed by atoms with Gasteiger partial charge in [0.05, 0.1) is 17.3 Å². The summed E-state index contributed by atoms with van der Waals surface area (Å²) in [4.78, 5) is 6.64. The lowest BCUT2D eigenvalue weighted by molar-refractivity contribution is 0.0877. The van der Waals surface area contributed by atoms with Crippen LogP contribution in [0.4, 0.5) is 0 Å². The van der Waals surface area contributed by atoms with Crippen LogP contribution in [0, 0.1) is 6.92 Å². The predicted molar refractivity (Wildman–Crippen MR) is 71.1 cm³/mol. The number of aryl methyl sites for hydroxylation is 1. The minimum atomic E-state index is 0.244. The van der Waals surface area contributed by atoms with Gasteiger partial charge < -0.3 is 9.30 Å². The van der Waals surface area contributed by atoms with E-state index >= 15 is 0 Å². The Kier molecular flexibility index (Phi) is 2.81. The molecular weight excluding hydrogens is 226 g/mol. The zero-order valence-electron chi connectivity index (χ0n) is 10.9. The van der Waals surface area contributed by atoms with Crippen LogP contribution in [0.5, 0.6) is 0 Å². The van der Waals surface area contributed by atoms with Crippen molar-refractivity contribution in [1.29, 1.82) is 0 Å². The fourth-order valence-electron chi connectivity index (χ4n) is 2.67. The van der Waals surface area contributed by atoms with Crippen molar-refractivity contribution < 1.29 is 0 Å². The van der Waals surface area contributed by atoms with Crippen LogP contribution in [0.25, 0.3) is 5.52 Å². The van der Waals surface area contributed by atoms with Gasteiger partial charge in [-0.3, -0.25) is 10.8 Å². The van der Waals surface area contributed by atoms with Gasteiger partial charge in [-0.2, -0.15) is 0 Å². The first-order valence-electron chi connectivity index (χ1n) is 6.29. The van der Waals surface area contributed by atoms with E-state index in [1.807, 2.05) is 24.3 Å². The van der Waals surface area contributed by atoms with Crippen LogP contribution < -0.4 is 5.84 Å². The van der Waals surface area contributed by atoms with Gasteiger partial charge in [0, 0.05) is 37.7 Å². The van der Waals surface area contributed by atoms with E-state index in [2.05, 4.69) is 33.5 Å². The Bertz CT molecular complexity index is 562. The Hall–Kier alpha value is -1.43. The lowest BCUT2D eigenvalue weighted by atomic mass is 10.1. The van der Waals surface area contributed by atoms with Crippen molar-refractivity contribution in [3.05, 3.63) is 35.9 Å². The number of hydrogen-bond donors (Lipinski definition) is 1. The molecule has 2 aromatic heterocycles. The van der Waals surface area contributed by atoms with E-state index in [1.54, 1.807) is 0 Å². The molecule has 0 aromatic carbocycles. The summed E-state index contributed by atoms with van der Waals surface area (Å²) in [5, 5.41) is 1.94. The fraction of sp³-hybridized carbons (Fsp3) is 0.462. The van der Waals surface area contributed by atoms with Crippen molar-refractivity contribution in [1.82, 2.24) is 19.3 Å². The second-order valence-electron chi connectivity index (χ2n) is 5.04. The predicted octanol–water partition coefficient (Wildman–Crippen LogP) is 0.805. The average molecular weight is 245 g/mol. The van der Waals surface area contributed by atoms with E-state index in [9.17, 15) is 0 Å². The molecule has 2 aromatic rings. The maximum Gasteiger partial charge on any atom is 0.0773 e. The maximum atomic E-state index is 6.14. The van der Waals surface area contributed by atoms with Crippen molar-refractivity contribution in [2.24, 2.45) is 5.84 Å². The number of aromatic nitrogens is 2. The normalized spacial score (nSPS) is 22.7. The molecule has 1 aliphatic heterocycles. The first kappa shape index (κ1) is 11.6. The van der Waals surface area contributed by atoms with Crippen LogP contribution in [0.1, 0.15) is 17.4 Å². The first-order valence-corrected chi connectivity index (χ1v) is 6.29. The van der Waals surface area contributed by atoms with E-state index in [0.29, 0.717) is 0 Å². The zero-order valence-corrected chi connectivity index (χ0v) is 10.9. The Labute approximate surface area is 107 Å². The number of likely N-dealkylation sites (N-methyl/N-ethyl adjacent to an activating group) is 1. The highest BCUT2D eigenvalue weighted by Crippen LogP contribution is 2.24. The first-order chi connectivity index (χ1) is 8.66. The zero-order chi connectivity index (χ0) is 12.7. The molecule has 5 heteroatoms. The van der Waals surface area contributed by atoms with Crippen LogP contribution in [0.2, 0.25) is 0 Å². The topological polar surface area (TPSA) is 49.8 Å². The molecule has 0 spiro atoms. The van der Waals surface area contributed by atoms with Gasteiger partial charge in [-0.25, -0.2) is 5.01 Å². The summed E-state index contributed by atoms with van der Waals surface area (Å²) in [6.07, 6.45) is 3.86. The highest BCUT2D eigenvalue weighted by atomic mass is 15.5. The number of nitrogens with zero attached hydrogens (tertiary/aromatic N) is 4. The largest absolute Gasteiger partial charge is 0.316 e. The molecule has 3 rings (SSSR count). The molecule has 1 fully saturated rings. The number of fused-ring (bicyclic) bond motifs is 1. The molecule has 0 radical (unpaired) electrons. The standard InChI is InChI=1S/C13H19N5/c1-10-11-3-4-12(17(11)6-5-15-10)13-9-16(2)7-8-18(13)14/h3-6,13H,7-9,14H2,1-2H3. The Balaban J connectivity index is 2.06. The second-order valence-corrected chi connectivity index (χ2v) is 5.04. The molecule has 18 heavy (non-hydrogen) atoms. The summed E-state index contributed by atoms with van der Waals surface area (Å²) in [5.74, 6) is 6.14. The molecule has 0 saturated carbocycles. The SMILES string of the molecule is Cc1nccn2c(C3CN(C)CCN3N)ccc12.